The van der Waals surface area contributed by atoms with E-state index in [0.29, 0.717) is 0 Å². The number of alkyl halides is 3. The lowest BCUT2D eigenvalue weighted by atomic mass is 9.85. The molecule has 1 saturated heterocycles. The van der Waals surface area contributed by atoms with Gasteiger partial charge in [0.2, 0.25) is 0 Å². The van der Waals surface area contributed by atoms with E-state index in [1.54, 1.807) is 6.07 Å². The second-order valence-electron chi connectivity index (χ2n) is 5.91. The summed E-state index contributed by atoms with van der Waals surface area (Å²) in [6.07, 6.45) is -2.20. The smallest absolute Gasteiger partial charge is 0.322 e. The molecule has 2 nitrogen and oxygen atoms in total. The van der Waals surface area contributed by atoms with Crippen molar-refractivity contribution < 1.29 is 13.2 Å². The van der Waals surface area contributed by atoms with Gasteiger partial charge in [-0.1, -0.05) is 18.2 Å². The molecule has 0 aliphatic carbocycles. The zero-order valence-corrected chi connectivity index (χ0v) is 11.9. The van der Waals surface area contributed by atoms with E-state index < -0.39 is 23.3 Å². The Bertz CT molecular complexity index is 462. The lowest BCUT2D eigenvalue weighted by molar-refractivity contribution is -0.138. The molecular formula is C15H21F3N2. The van der Waals surface area contributed by atoms with Gasteiger partial charge in [0, 0.05) is 11.6 Å². The number of benzene rings is 1. The number of nitrogens with two attached hydrogens (primary N) is 1. The van der Waals surface area contributed by atoms with Crippen LogP contribution in [-0.4, -0.2) is 23.5 Å². The van der Waals surface area contributed by atoms with Crippen LogP contribution >= 0.6 is 0 Å². The Labute approximate surface area is 117 Å². The van der Waals surface area contributed by atoms with Gasteiger partial charge in [0.25, 0.3) is 0 Å². The van der Waals surface area contributed by atoms with Crippen molar-refractivity contribution in [3.63, 3.8) is 0 Å². The van der Waals surface area contributed by atoms with Crippen LogP contribution in [0.25, 0.3) is 0 Å². The lowest BCUT2D eigenvalue weighted by Gasteiger charge is -2.41. The van der Waals surface area contributed by atoms with Gasteiger partial charge in [-0.15, -0.1) is 0 Å². The third-order valence-corrected chi connectivity index (χ3v) is 4.28. The Kier molecular flexibility index (Phi) is 4.12. The van der Waals surface area contributed by atoms with Crippen molar-refractivity contribution in [2.45, 2.75) is 44.4 Å². The summed E-state index contributed by atoms with van der Waals surface area (Å²) < 4.78 is 39.3. The molecule has 0 bridgehead atoms. The van der Waals surface area contributed by atoms with Gasteiger partial charge in [-0.2, -0.15) is 13.2 Å². The summed E-state index contributed by atoms with van der Waals surface area (Å²) in [6.45, 7) is 5.65. The van der Waals surface area contributed by atoms with E-state index in [4.69, 9.17) is 5.73 Å². The second kappa shape index (κ2) is 5.37. The Morgan fingerprint density at radius 1 is 1.10 bits per heavy atom. The van der Waals surface area contributed by atoms with Crippen molar-refractivity contribution in [1.82, 2.24) is 4.90 Å². The number of hydrogen-bond acceptors (Lipinski definition) is 2. The SMILES string of the molecule is CC(C)(C(N)c1ccccc1C(F)(F)F)N1CCCC1. The quantitative estimate of drug-likeness (QED) is 0.920. The van der Waals surface area contributed by atoms with Gasteiger partial charge in [-0.3, -0.25) is 4.90 Å². The maximum absolute atomic E-state index is 13.1. The molecule has 1 aromatic rings. The molecule has 1 aliphatic rings. The zero-order valence-electron chi connectivity index (χ0n) is 11.9. The lowest BCUT2D eigenvalue weighted by Crippen LogP contribution is -2.50. The number of hydrogen-bond donors (Lipinski definition) is 1. The van der Waals surface area contributed by atoms with Gasteiger partial charge < -0.3 is 5.73 Å². The molecule has 20 heavy (non-hydrogen) atoms. The number of nitrogens with zero attached hydrogens (tertiary/aromatic N) is 1. The van der Waals surface area contributed by atoms with Crippen LogP contribution in [0.4, 0.5) is 13.2 Å². The molecule has 112 valence electrons. The highest BCUT2D eigenvalue weighted by molar-refractivity contribution is 5.34. The van der Waals surface area contributed by atoms with Gasteiger partial charge >= 0.3 is 6.18 Å². The summed E-state index contributed by atoms with van der Waals surface area (Å²) in [7, 11) is 0. The fourth-order valence-electron chi connectivity index (χ4n) is 2.90. The maximum atomic E-state index is 13.1. The fourth-order valence-corrected chi connectivity index (χ4v) is 2.90. The van der Waals surface area contributed by atoms with Crippen molar-refractivity contribution in [1.29, 1.82) is 0 Å². The summed E-state index contributed by atoms with van der Waals surface area (Å²) in [4.78, 5) is 2.19. The summed E-state index contributed by atoms with van der Waals surface area (Å²) >= 11 is 0. The molecule has 1 aromatic carbocycles. The monoisotopic (exact) mass is 286 g/mol. The summed E-state index contributed by atoms with van der Waals surface area (Å²) in [5.74, 6) is 0. The molecule has 1 aliphatic heterocycles. The first kappa shape index (κ1) is 15.3. The van der Waals surface area contributed by atoms with Crippen molar-refractivity contribution in [2.24, 2.45) is 5.73 Å². The normalized spacial score (nSPS) is 19.3. The first-order valence-corrected chi connectivity index (χ1v) is 6.91. The van der Waals surface area contributed by atoms with Crippen LogP contribution in [0.3, 0.4) is 0 Å². The van der Waals surface area contributed by atoms with Crippen LogP contribution in [0.15, 0.2) is 24.3 Å². The first-order chi connectivity index (χ1) is 9.24. The van der Waals surface area contributed by atoms with Gasteiger partial charge in [-0.25, -0.2) is 0 Å². The van der Waals surface area contributed by atoms with E-state index in [2.05, 4.69) is 4.90 Å². The average molecular weight is 286 g/mol. The predicted molar refractivity (Wildman–Crippen MR) is 73.3 cm³/mol. The molecule has 5 heteroatoms. The van der Waals surface area contributed by atoms with E-state index in [1.165, 1.54) is 12.1 Å². The van der Waals surface area contributed by atoms with Crippen molar-refractivity contribution in [3.05, 3.63) is 35.4 Å². The van der Waals surface area contributed by atoms with Crippen LogP contribution in [0.2, 0.25) is 0 Å². The Balaban J connectivity index is 2.35. The maximum Gasteiger partial charge on any atom is 0.416 e. The van der Waals surface area contributed by atoms with E-state index in [0.717, 1.165) is 32.0 Å². The van der Waals surface area contributed by atoms with Crippen molar-refractivity contribution >= 4 is 0 Å². The van der Waals surface area contributed by atoms with Gasteiger partial charge in [-0.05, 0) is 51.4 Å². The minimum Gasteiger partial charge on any atom is -0.322 e. The molecule has 0 amide bonds. The topological polar surface area (TPSA) is 29.3 Å². The van der Waals surface area contributed by atoms with Crippen LogP contribution in [-0.2, 0) is 6.18 Å². The molecule has 0 aromatic heterocycles. The third-order valence-electron chi connectivity index (χ3n) is 4.28. The molecule has 0 spiro atoms. The minimum atomic E-state index is -4.37. The molecule has 0 radical (unpaired) electrons. The predicted octanol–water partition coefficient (Wildman–Crippen LogP) is 3.58. The van der Waals surface area contributed by atoms with Crippen LogP contribution in [0.1, 0.15) is 43.9 Å². The van der Waals surface area contributed by atoms with Gasteiger partial charge in [0.1, 0.15) is 0 Å². The summed E-state index contributed by atoms with van der Waals surface area (Å²) in [5, 5.41) is 0. The molecule has 1 fully saturated rings. The zero-order chi connectivity index (χ0) is 15.0. The molecule has 1 unspecified atom stereocenters. The largest absolute Gasteiger partial charge is 0.416 e. The number of halogens is 3. The Morgan fingerprint density at radius 2 is 1.65 bits per heavy atom. The summed E-state index contributed by atoms with van der Waals surface area (Å²) in [5.41, 5.74) is 5.27. The molecular weight excluding hydrogens is 265 g/mol. The Hall–Kier alpha value is -1.07. The van der Waals surface area contributed by atoms with E-state index in [1.807, 2.05) is 13.8 Å². The van der Waals surface area contributed by atoms with E-state index in [9.17, 15) is 13.2 Å². The van der Waals surface area contributed by atoms with E-state index >= 15 is 0 Å². The fraction of sp³-hybridized carbons (Fsp3) is 0.600. The highest BCUT2D eigenvalue weighted by Crippen LogP contribution is 2.39. The minimum absolute atomic E-state index is 0.178. The van der Waals surface area contributed by atoms with Crippen LogP contribution in [0.5, 0.6) is 0 Å². The molecule has 2 N–H and O–H groups in total. The molecule has 2 rings (SSSR count). The average Bonchev–Trinajstić information content (AvgIpc) is 2.91. The highest BCUT2D eigenvalue weighted by atomic mass is 19.4. The molecule has 1 atom stereocenters. The standard InChI is InChI=1S/C15H21F3N2/c1-14(2,20-9-5-6-10-20)13(19)11-7-3-4-8-12(11)15(16,17)18/h3-4,7-8,13H,5-6,9-10,19H2,1-2H3. The molecule has 0 saturated carbocycles. The number of likely N-dealkylation sites (tertiary alicyclic amines) is 1. The first-order valence-electron chi connectivity index (χ1n) is 6.91. The Morgan fingerprint density at radius 3 is 2.20 bits per heavy atom. The summed E-state index contributed by atoms with van der Waals surface area (Å²) in [6, 6.07) is 4.95. The van der Waals surface area contributed by atoms with E-state index in [-0.39, 0.29) is 5.56 Å². The number of rotatable bonds is 3. The van der Waals surface area contributed by atoms with Crippen molar-refractivity contribution in [3.8, 4) is 0 Å². The van der Waals surface area contributed by atoms with Crippen LogP contribution in [0, 0.1) is 0 Å². The third kappa shape index (κ3) is 2.83. The van der Waals surface area contributed by atoms with Crippen LogP contribution < -0.4 is 5.73 Å². The van der Waals surface area contributed by atoms with Gasteiger partial charge in [0.15, 0.2) is 0 Å². The highest BCUT2D eigenvalue weighted by Gasteiger charge is 2.40. The van der Waals surface area contributed by atoms with Gasteiger partial charge in [0.05, 0.1) is 5.56 Å². The van der Waals surface area contributed by atoms with Crippen molar-refractivity contribution in [2.75, 3.05) is 13.1 Å². The second-order valence-corrected chi connectivity index (χ2v) is 5.91. The molecule has 1 heterocycles.